The van der Waals surface area contributed by atoms with Crippen molar-refractivity contribution in [1.82, 2.24) is 4.98 Å². The number of benzene rings is 1. The third kappa shape index (κ3) is 2.81. The minimum Gasteiger partial charge on any atom is -0.329 e. The van der Waals surface area contributed by atoms with E-state index in [1.54, 1.807) is 23.1 Å². The van der Waals surface area contributed by atoms with Gasteiger partial charge in [0, 0.05) is 23.4 Å². The zero-order valence-corrected chi connectivity index (χ0v) is 9.80. The molecule has 2 aromatic rings. The molecule has 0 spiro atoms. The standard InChI is InChI=1S/C11H12N2S2/c12-8-10(9-4-2-1-3-5-9)15-11-13-6-7-14-11/h1-7,10H,8,12H2. The van der Waals surface area contributed by atoms with Crippen LogP contribution in [0, 0.1) is 0 Å². The summed E-state index contributed by atoms with van der Waals surface area (Å²) in [7, 11) is 0. The molecule has 2 nitrogen and oxygen atoms in total. The predicted octanol–water partition coefficient (Wildman–Crippen LogP) is 2.94. The summed E-state index contributed by atoms with van der Waals surface area (Å²) in [6.45, 7) is 0.633. The Balaban J connectivity index is 2.12. The average molecular weight is 236 g/mol. The molecular formula is C11H12N2S2. The number of rotatable bonds is 4. The number of thiazole rings is 1. The molecule has 15 heavy (non-hydrogen) atoms. The number of aromatic nitrogens is 1. The SMILES string of the molecule is NCC(Sc1nccs1)c1ccccc1. The minimum absolute atomic E-state index is 0.303. The Morgan fingerprint density at radius 1 is 1.33 bits per heavy atom. The van der Waals surface area contributed by atoms with Crippen LogP contribution in [0.1, 0.15) is 10.8 Å². The van der Waals surface area contributed by atoms with Gasteiger partial charge in [-0.05, 0) is 5.56 Å². The highest BCUT2D eigenvalue weighted by Crippen LogP contribution is 2.35. The first-order chi connectivity index (χ1) is 7.40. The van der Waals surface area contributed by atoms with Crippen LogP contribution < -0.4 is 5.73 Å². The molecule has 0 radical (unpaired) electrons. The Labute approximate surface area is 97.5 Å². The Morgan fingerprint density at radius 2 is 2.13 bits per heavy atom. The third-order valence-corrected chi connectivity index (χ3v) is 4.24. The number of hydrogen-bond acceptors (Lipinski definition) is 4. The Kier molecular flexibility index (Phi) is 3.77. The van der Waals surface area contributed by atoms with E-state index in [-0.39, 0.29) is 0 Å². The molecule has 0 aliphatic carbocycles. The van der Waals surface area contributed by atoms with Crippen LogP contribution in [0.25, 0.3) is 0 Å². The fourth-order valence-corrected chi connectivity index (χ4v) is 3.16. The zero-order valence-electron chi connectivity index (χ0n) is 8.17. The van der Waals surface area contributed by atoms with Crippen LogP contribution in [0.4, 0.5) is 0 Å². The zero-order chi connectivity index (χ0) is 10.5. The van der Waals surface area contributed by atoms with Crippen molar-refractivity contribution in [3.63, 3.8) is 0 Å². The van der Waals surface area contributed by atoms with E-state index in [0.29, 0.717) is 11.8 Å². The Morgan fingerprint density at radius 3 is 2.73 bits per heavy atom. The van der Waals surface area contributed by atoms with Gasteiger partial charge in [-0.15, -0.1) is 11.3 Å². The smallest absolute Gasteiger partial charge is 0.150 e. The van der Waals surface area contributed by atoms with Gasteiger partial charge >= 0.3 is 0 Å². The molecule has 4 heteroatoms. The van der Waals surface area contributed by atoms with E-state index in [2.05, 4.69) is 17.1 Å². The molecule has 78 valence electrons. The van der Waals surface area contributed by atoms with Crippen LogP contribution in [-0.2, 0) is 0 Å². The normalized spacial score (nSPS) is 12.6. The quantitative estimate of drug-likeness (QED) is 0.830. The van der Waals surface area contributed by atoms with E-state index >= 15 is 0 Å². The van der Waals surface area contributed by atoms with E-state index in [9.17, 15) is 0 Å². The second kappa shape index (κ2) is 5.30. The van der Waals surface area contributed by atoms with Gasteiger partial charge in [-0.1, -0.05) is 42.1 Å². The number of hydrogen-bond donors (Lipinski definition) is 1. The van der Waals surface area contributed by atoms with Crippen LogP contribution in [0.15, 0.2) is 46.2 Å². The maximum atomic E-state index is 5.78. The van der Waals surface area contributed by atoms with Crippen molar-refractivity contribution in [2.24, 2.45) is 5.73 Å². The lowest BCUT2D eigenvalue weighted by atomic mass is 10.1. The molecule has 2 rings (SSSR count). The van der Waals surface area contributed by atoms with Gasteiger partial charge in [0.1, 0.15) is 4.34 Å². The lowest BCUT2D eigenvalue weighted by Gasteiger charge is -2.12. The lowest BCUT2D eigenvalue weighted by Crippen LogP contribution is -2.08. The molecule has 0 aliphatic heterocycles. The van der Waals surface area contributed by atoms with E-state index in [1.807, 2.05) is 29.8 Å². The predicted molar refractivity (Wildman–Crippen MR) is 66.2 cm³/mol. The van der Waals surface area contributed by atoms with Gasteiger partial charge in [0.25, 0.3) is 0 Å². The highest BCUT2D eigenvalue weighted by atomic mass is 32.2. The van der Waals surface area contributed by atoms with Crippen molar-refractivity contribution in [1.29, 1.82) is 0 Å². The molecule has 0 aliphatic rings. The molecule has 0 amide bonds. The summed E-state index contributed by atoms with van der Waals surface area (Å²) in [6.07, 6.45) is 1.82. The fourth-order valence-electron chi connectivity index (χ4n) is 1.31. The fraction of sp³-hybridized carbons (Fsp3) is 0.182. The summed E-state index contributed by atoms with van der Waals surface area (Å²) in [5.74, 6) is 0. The number of nitrogens with zero attached hydrogens (tertiary/aromatic N) is 1. The van der Waals surface area contributed by atoms with Crippen LogP contribution in [0.2, 0.25) is 0 Å². The molecule has 1 aromatic carbocycles. The van der Waals surface area contributed by atoms with Crippen molar-refractivity contribution >= 4 is 23.1 Å². The Bertz CT molecular complexity index is 386. The molecular weight excluding hydrogens is 224 g/mol. The van der Waals surface area contributed by atoms with Gasteiger partial charge in [0.15, 0.2) is 0 Å². The summed E-state index contributed by atoms with van der Waals surface area (Å²) in [6, 6.07) is 10.3. The molecule has 1 atom stereocenters. The molecule has 2 N–H and O–H groups in total. The van der Waals surface area contributed by atoms with Crippen molar-refractivity contribution < 1.29 is 0 Å². The van der Waals surface area contributed by atoms with Gasteiger partial charge in [-0.3, -0.25) is 0 Å². The second-order valence-corrected chi connectivity index (χ2v) is 5.40. The summed E-state index contributed by atoms with van der Waals surface area (Å²) >= 11 is 3.39. The largest absolute Gasteiger partial charge is 0.329 e. The molecule has 0 saturated heterocycles. The van der Waals surface area contributed by atoms with E-state index < -0.39 is 0 Å². The summed E-state index contributed by atoms with van der Waals surface area (Å²) in [4.78, 5) is 4.26. The first kappa shape index (κ1) is 10.7. The molecule has 1 aromatic heterocycles. The molecule has 0 saturated carbocycles. The van der Waals surface area contributed by atoms with E-state index in [0.717, 1.165) is 4.34 Å². The van der Waals surface area contributed by atoms with Crippen molar-refractivity contribution in [3.8, 4) is 0 Å². The van der Waals surface area contributed by atoms with Crippen LogP contribution >= 0.6 is 23.1 Å². The third-order valence-electron chi connectivity index (χ3n) is 2.04. The van der Waals surface area contributed by atoms with Crippen LogP contribution in [0.5, 0.6) is 0 Å². The summed E-state index contributed by atoms with van der Waals surface area (Å²) < 4.78 is 1.08. The van der Waals surface area contributed by atoms with Crippen LogP contribution in [0.3, 0.4) is 0 Å². The van der Waals surface area contributed by atoms with Gasteiger partial charge in [-0.25, -0.2) is 4.98 Å². The molecule has 1 unspecified atom stereocenters. The molecule has 0 bridgehead atoms. The van der Waals surface area contributed by atoms with Gasteiger partial charge in [-0.2, -0.15) is 0 Å². The molecule has 1 heterocycles. The maximum Gasteiger partial charge on any atom is 0.150 e. The average Bonchev–Trinajstić information content (AvgIpc) is 2.80. The first-order valence-corrected chi connectivity index (χ1v) is 6.47. The second-order valence-electron chi connectivity index (χ2n) is 3.05. The highest BCUT2D eigenvalue weighted by molar-refractivity contribution is 8.01. The van der Waals surface area contributed by atoms with Crippen molar-refractivity contribution in [2.75, 3.05) is 6.54 Å². The Hall–Kier alpha value is -0.840. The highest BCUT2D eigenvalue weighted by Gasteiger charge is 2.11. The minimum atomic E-state index is 0.303. The maximum absolute atomic E-state index is 5.78. The van der Waals surface area contributed by atoms with Crippen LogP contribution in [-0.4, -0.2) is 11.5 Å². The summed E-state index contributed by atoms with van der Waals surface area (Å²) in [5, 5.41) is 2.29. The number of nitrogens with two attached hydrogens (primary N) is 1. The van der Waals surface area contributed by atoms with Gasteiger partial charge in [0.05, 0.1) is 0 Å². The van der Waals surface area contributed by atoms with E-state index in [1.165, 1.54) is 5.56 Å². The topological polar surface area (TPSA) is 38.9 Å². The van der Waals surface area contributed by atoms with Gasteiger partial charge < -0.3 is 5.73 Å². The van der Waals surface area contributed by atoms with Gasteiger partial charge in [0.2, 0.25) is 0 Å². The summed E-state index contributed by atoms with van der Waals surface area (Å²) in [5.41, 5.74) is 7.04. The lowest BCUT2D eigenvalue weighted by molar-refractivity contribution is 0.939. The molecule has 0 fully saturated rings. The first-order valence-electron chi connectivity index (χ1n) is 4.71. The van der Waals surface area contributed by atoms with Crippen molar-refractivity contribution in [2.45, 2.75) is 9.59 Å². The number of thioether (sulfide) groups is 1. The van der Waals surface area contributed by atoms with Crippen molar-refractivity contribution in [3.05, 3.63) is 47.5 Å². The van der Waals surface area contributed by atoms with E-state index in [4.69, 9.17) is 5.73 Å². The monoisotopic (exact) mass is 236 g/mol.